The SMILES string of the molecule is COc1cccc(COC(C)C(=O)Nc2cccc3ccccc23)c1. The third kappa shape index (κ3) is 4.17. The number of nitrogens with one attached hydrogen (secondary N) is 1. The highest BCUT2D eigenvalue weighted by Crippen LogP contribution is 2.23. The van der Waals surface area contributed by atoms with Crippen LogP contribution in [0.2, 0.25) is 0 Å². The van der Waals surface area contributed by atoms with Crippen molar-refractivity contribution in [2.45, 2.75) is 19.6 Å². The van der Waals surface area contributed by atoms with Gasteiger partial charge in [-0.2, -0.15) is 0 Å². The number of carbonyl (C=O) groups excluding carboxylic acids is 1. The van der Waals surface area contributed by atoms with E-state index in [4.69, 9.17) is 9.47 Å². The zero-order valence-electron chi connectivity index (χ0n) is 14.4. The summed E-state index contributed by atoms with van der Waals surface area (Å²) in [4.78, 5) is 12.4. The van der Waals surface area contributed by atoms with E-state index >= 15 is 0 Å². The van der Waals surface area contributed by atoms with Crippen molar-refractivity contribution >= 4 is 22.4 Å². The Hall–Kier alpha value is -2.85. The Bertz CT molecular complexity index is 870. The van der Waals surface area contributed by atoms with Gasteiger partial charge < -0.3 is 14.8 Å². The first-order chi connectivity index (χ1) is 12.2. The first-order valence-corrected chi connectivity index (χ1v) is 8.20. The van der Waals surface area contributed by atoms with Crippen LogP contribution in [0.1, 0.15) is 12.5 Å². The summed E-state index contributed by atoms with van der Waals surface area (Å²) in [5.74, 6) is 0.605. The Morgan fingerprint density at radius 3 is 2.64 bits per heavy atom. The van der Waals surface area contributed by atoms with E-state index in [0.29, 0.717) is 6.61 Å². The monoisotopic (exact) mass is 335 g/mol. The Balaban J connectivity index is 1.64. The Morgan fingerprint density at radius 1 is 1.04 bits per heavy atom. The standard InChI is InChI=1S/C21H21NO3/c1-15(25-14-16-7-5-10-18(13-16)24-2)21(23)22-20-12-6-9-17-8-3-4-11-19(17)20/h3-13,15H,14H2,1-2H3,(H,22,23). The van der Waals surface area contributed by atoms with Crippen molar-refractivity contribution in [2.24, 2.45) is 0 Å². The van der Waals surface area contributed by atoms with Crippen LogP contribution in [0, 0.1) is 0 Å². The van der Waals surface area contributed by atoms with E-state index in [0.717, 1.165) is 27.8 Å². The number of fused-ring (bicyclic) bond motifs is 1. The van der Waals surface area contributed by atoms with E-state index in [9.17, 15) is 4.79 Å². The smallest absolute Gasteiger partial charge is 0.253 e. The van der Waals surface area contributed by atoms with Crippen molar-refractivity contribution < 1.29 is 14.3 Å². The molecule has 1 unspecified atom stereocenters. The predicted molar refractivity (Wildman–Crippen MR) is 99.8 cm³/mol. The number of carbonyl (C=O) groups is 1. The fraction of sp³-hybridized carbons (Fsp3) is 0.190. The minimum absolute atomic E-state index is 0.167. The second-order valence-electron chi connectivity index (χ2n) is 5.82. The van der Waals surface area contributed by atoms with Gasteiger partial charge in [-0.3, -0.25) is 4.79 Å². The summed E-state index contributed by atoms with van der Waals surface area (Å²) in [6.07, 6.45) is -0.565. The van der Waals surface area contributed by atoms with Crippen molar-refractivity contribution in [3.05, 3.63) is 72.3 Å². The molecular formula is C21H21NO3. The lowest BCUT2D eigenvalue weighted by molar-refractivity contribution is -0.127. The summed E-state index contributed by atoms with van der Waals surface area (Å²) in [7, 11) is 1.63. The summed E-state index contributed by atoms with van der Waals surface area (Å²) in [5.41, 5.74) is 1.75. The van der Waals surface area contributed by atoms with E-state index in [1.165, 1.54) is 0 Å². The molecule has 4 nitrogen and oxygen atoms in total. The molecule has 0 radical (unpaired) electrons. The summed E-state index contributed by atoms with van der Waals surface area (Å²) < 4.78 is 10.9. The zero-order valence-corrected chi connectivity index (χ0v) is 14.4. The van der Waals surface area contributed by atoms with E-state index in [-0.39, 0.29) is 5.91 Å². The minimum atomic E-state index is -0.565. The molecule has 0 aliphatic rings. The third-order valence-corrected chi connectivity index (χ3v) is 4.05. The van der Waals surface area contributed by atoms with Crippen LogP contribution in [-0.4, -0.2) is 19.1 Å². The van der Waals surface area contributed by atoms with Crippen LogP contribution in [0.4, 0.5) is 5.69 Å². The highest BCUT2D eigenvalue weighted by molar-refractivity contribution is 6.03. The molecule has 3 aromatic rings. The van der Waals surface area contributed by atoms with Crippen LogP contribution in [-0.2, 0) is 16.1 Å². The number of methoxy groups -OCH3 is 1. The lowest BCUT2D eigenvalue weighted by Gasteiger charge is -2.15. The van der Waals surface area contributed by atoms with Crippen molar-refractivity contribution in [2.75, 3.05) is 12.4 Å². The van der Waals surface area contributed by atoms with Gasteiger partial charge in [0.2, 0.25) is 0 Å². The van der Waals surface area contributed by atoms with Gasteiger partial charge in [0.05, 0.1) is 13.7 Å². The van der Waals surface area contributed by atoms with E-state index < -0.39 is 6.10 Å². The number of amides is 1. The molecule has 1 atom stereocenters. The molecule has 128 valence electrons. The van der Waals surface area contributed by atoms with Gasteiger partial charge in [-0.05, 0) is 36.1 Å². The Kier molecular flexibility index (Phi) is 5.31. The molecule has 0 heterocycles. The van der Waals surface area contributed by atoms with Gasteiger partial charge in [0.25, 0.3) is 5.91 Å². The van der Waals surface area contributed by atoms with Crippen LogP contribution < -0.4 is 10.1 Å². The number of hydrogen-bond acceptors (Lipinski definition) is 3. The Morgan fingerprint density at radius 2 is 1.80 bits per heavy atom. The van der Waals surface area contributed by atoms with Crippen molar-refractivity contribution in [1.82, 2.24) is 0 Å². The van der Waals surface area contributed by atoms with Gasteiger partial charge in [-0.15, -0.1) is 0 Å². The summed E-state index contributed by atoms with van der Waals surface area (Å²) >= 11 is 0. The molecule has 0 saturated carbocycles. The summed E-state index contributed by atoms with van der Waals surface area (Å²) in [6, 6.07) is 21.4. The minimum Gasteiger partial charge on any atom is -0.497 e. The summed E-state index contributed by atoms with van der Waals surface area (Å²) in [5, 5.41) is 5.06. The highest BCUT2D eigenvalue weighted by atomic mass is 16.5. The molecule has 0 aliphatic heterocycles. The first-order valence-electron chi connectivity index (χ1n) is 8.20. The van der Waals surface area contributed by atoms with Crippen molar-refractivity contribution in [3.63, 3.8) is 0 Å². The normalized spacial score (nSPS) is 11.9. The molecule has 1 N–H and O–H groups in total. The van der Waals surface area contributed by atoms with E-state index in [1.807, 2.05) is 66.7 Å². The van der Waals surface area contributed by atoms with Crippen LogP contribution >= 0.6 is 0 Å². The third-order valence-electron chi connectivity index (χ3n) is 4.05. The molecular weight excluding hydrogens is 314 g/mol. The lowest BCUT2D eigenvalue weighted by Crippen LogP contribution is -2.27. The molecule has 25 heavy (non-hydrogen) atoms. The number of anilines is 1. The maximum atomic E-state index is 12.4. The van der Waals surface area contributed by atoms with E-state index in [2.05, 4.69) is 5.32 Å². The van der Waals surface area contributed by atoms with Gasteiger partial charge >= 0.3 is 0 Å². The van der Waals surface area contributed by atoms with Gasteiger partial charge in [-0.1, -0.05) is 48.5 Å². The molecule has 3 aromatic carbocycles. The fourth-order valence-electron chi connectivity index (χ4n) is 2.63. The van der Waals surface area contributed by atoms with Gasteiger partial charge in [0.15, 0.2) is 0 Å². The number of ether oxygens (including phenoxy) is 2. The second kappa shape index (κ2) is 7.81. The largest absolute Gasteiger partial charge is 0.497 e. The van der Waals surface area contributed by atoms with Gasteiger partial charge in [-0.25, -0.2) is 0 Å². The fourth-order valence-corrected chi connectivity index (χ4v) is 2.63. The zero-order chi connectivity index (χ0) is 17.6. The molecule has 3 rings (SSSR count). The van der Waals surface area contributed by atoms with Crippen LogP contribution in [0.25, 0.3) is 10.8 Å². The molecule has 0 aromatic heterocycles. The summed E-state index contributed by atoms with van der Waals surface area (Å²) in [6.45, 7) is 2.10. The maximum absolute atomic E-state index is 12.4. The van der Waals surface area contributed by atoms with Gasteiger partial charge in [0.1, 0.15) is 11.9 Å². The van der Waals surface area contributed by atoms with Crippen LogP contribution in [0.3, 0.4) is 0 Å². The molecule has 0 aliphatic carbocycles. The van der Waals surface area contributed by atoms with Crippen LogP contribution in [0.15, 0.2) is 66.7 Å². The quantitative estimate of drug-likeness (QED) is 0.726. The highest BCUT2D eigenvalue weighted by Gasteiger charge is 2.15. The molecule has 0 spiro atoms. The van der Waals surface area contributed by atoms with E-state index in [1.54, 1.807) is 14.0 Å². The second-order valence-corrected chi connectivity index (χ2v) is 5.82. The van der Waals surface area contributed by atoms with Crippen LogP contribution in [0.5, 0.6) is 5.75 Å². The first kappa shape index (κ1) is 17.0. The van der Waals surface area contributed by atoms with Gasteiger partial charge in [0, 0.05) is 11.1 Å². The number of hydrogen-bond donors (Lipinski definition) is 1. The lowest BCUT2D eigenvalue weighted by atomic mass is 10.1. The Labute approximate surface area is 147 Å². The van der Waals surface area contributed by atoms with Crippen molar-refractivity contribution in [3.8, 4) is 5.75 Å². The molecule has 0 saturated heterocycles. The topological polar surface area (TPSA) is 47.6 Å². The molecule has 4 heteroatoms. The average molecular weight is 335 g/mol. The molecule has 0 bridgehead atoms. The molecule has 0 fully saturated rings. The average Bonchev–Trinajstić information content (AvgIpc) is 2.66. The molecule has 1 amide bonds. The number of rotatable bonds is 6. The predicted octanol–water partition coefficient (Wildman–Crippen LogP) is 4.39. The number of benzene rings is 3. The maximum Gasteiger partial charge on any atom is 0.253 e. The van der Waals surface area contributed by atoms with Crippen molar-refractivity contribution in [1.29, 1.82) is 0 Å².